The van der Waals surface area contributed by atoms with E-state index in [1.54, 1.807) is 0 Å². The average Bonchev–Trinajstić information content (AvgIpc) is 3.55. The number of fused-ring (bicyclic) bond motifs is 8. The second kappa shape index (κ2) is 11.0. The van der Waals surface area contributed by atoms with Gasteiger partial charge in [-0.25, -0.2) is 15.0 Å². The van der Waals surface area contributed by atoms with Crippen molar-refractivity contribution in [2.45, 2.75) is 0 Å². The third kappa shape index (κ3) is 4.57. The molecule has 0 bridgehead atoms. The summed E-state index contributed by atoms with van der Waals surface area (Å²) in [5.74, 6) is 1.85. The van der Waals surface area contributed by atoms with Crippen molar-refractivity contribution in [3.8, 4) is 45.3 Å². The van der Waals surface area contributed by atoms with Crippen LogP contribution in [0.2, 0.25) is 0 Å². The molecule has 0 unspecified atom stereocenters. The summed E-state index contributed by atoms with van der Waals surface area (Å²) in [6, 6.07) is 56.9. The van der Waals surface area contributed by atoms with Gasteiger partial charge in [-0.05, 0) is 62.3 Å². The van der Waals surface area contributed by atoms with E-state index in [2.05, 4.69) is 127 Å². The summed E-state index contributed by atoms with van der Waals surface area (Å²) in [5, 5.41) is 9.01. The van der Waals surface area contributed by atoms with Gasteiger partial charge < -0.3 is 4.42 Å². The summed E-state index contributed by atoms with van der Waals surface area (Å²) in [6.45, 7) is 0. The van der Waals surface area contributed by atoms with Crippen LogP contribution in [0.15, 0.2) is 168 Å². The first-order chi connectivity index (χ1) is 24.3. The van der Waals surface area contributed by atoms with E-state index in [4.69, 9.17) is 19.4 Å². The molecule has 0 spiro atoms. The summed E-state index contributed by atoms with van der Waals surface area (Å²) in [7, 11) is 0. The van der Waals surface area contributed by atoms with E-state index in [0.29, 0.717) is 17.5 Å². The third-order valence-electron chi connectivity index (χ3n) is 9.48. The highest BCUT2D eigenvalue weighted by atomic mass is 16.3. The third-order valence-corrected chi connectivity index (χ3v) is 9.48. The Labute approximate surface area is 282 Å². The largest absolute Gasteiger partial charge is 0.456 e. The minimum atomic E-state index is 0.602. The van der Waals surface area contributed by atoms with Crippen molar-refractivity contribution in [1.82, 2.24) is 15.0 Å². The molecule has 0 saturated carbocycles. The lowest BCUT2D eigenvalue weighted by Gasteiger charge is -2.13. The minimum Gasteiger partial charge on any atom is -0.456 e. The summed E-state index contributed by atoms with van der Waals surface area (Å²) in [6.07, 6.45) is 0. The lowest BCUT2D eigenvalue weighted by molar-refractivity contribution is 0.669. The van der Waals surface area contributed by atoms with Crippen molar-refractivity contribution < 1.29 is 4.42 Å². The fourth-order valence-corrected chi connectivity index (χ4v) is 7.12. The van der Waals surface area contributed by atoms with Crippen molar-refractivity contribution in [3.05, 3.63) is 164 Å². The van der Waals surface area contributed by atoms with E-state index in [-0.39, 0.29) is 0 Å². The smallest absolute Gasteiger partial charge is 0.164 e. The predicted octanol–water partition coefficient (Wildman–Crippen LogP) is 11.9. The average molecular weight is 626 g/mol. The first kappa shape index (κ1) is 27.5. The van der Waals surface area contributed by atoms with Crippen molar-refractivity contribution in [3.63, 3.8) is 0 Å². The quantitative estimate of drug-likeness (QED) is 0.183. The fourth-order valence-electron chi connectivity index (χ4n) is 7.12. The normalized spacial score (nSPS) is 11.7. The van der Waals surface area contributed by atoms with Crippen LogP contribution in [0.4, 0.5) is 0 Å². The molecule has 0 N–H and O–H groups in total. The monoisotopic (exact) mass is 625 g/mol. The molecular formula is C45H27N3O. The number of hydrogen-bond acceptors (Lipinski definition) is 4. The van der Waals surface area contributed by atoms with Gasteiger partial charge in [-0.2, -0.15) is 0 Å². The maximum Gasteiger partial charge on any atom is 0.164 e. The van der Waals surface area contributed by atoms with Crippen molar-refractivity contribution in [2.24, 2.45) is 0 Å². The molecule has 4 nitrogen and oxygen atoms in total. The molecule has 10 aromatic rings. The van der Waals surface area contributed by atoms with Gasteiger partial charge in [0.2, 0.25) is 0 Å². The van der Waals surface area contributed by atoms with Gasteiger partial charge in [-0.1, -0.05) is 140 Å². The van der Waals surface area contributed by atoms with Gasteiger partial charge in [0.15, 0.2) is 17.5 Å². The minimum absolute atomic E-state index is 0.602. The second-order valence-electron chi connectivity index (χ2n) is 12.4. The summed E-state index contributed by atoms with van der Waals surface area (Å²) >= 11 is 0. The molecule has 0 atom stereocenters. The van der Waals surface area contributed by atoms with Crippen LogP contribution >= 0.6 is 0 Å². The van der Waals surface area contributed by atoms with E-state index in [0.717, 1.165) is 65.7 Å². The van der Waals surface area contributed by atoms with Crippen LogP contribution in [0.3, 0.4) is 0 Å². The Kier molecular flexibility index (Phi) is 6.15. The highest BCUT2D eigenvalue weighted by Crippen LogP contribution is 2.43. The zero-order valence-electron chi connectivity index (χ0n) is 26.3. The van der Waals surface area contributed by atoms with Gasteiger partial charge >= 0.3 is 0 Å². The molecule has 2 aromatic heterocycles. The molecule has 0 radical (unpaired) electrons. The Hall–Kier alpha value is -6.65. The Morgan fingerprint density at radius 1 is 0.327 bits per heavy atom. The van der Waals surface area contributed by atoms with Crippen LogP contribution in [0, 0.1) is 0 Å². The van der Waals surface area contributed by atoms with Crippen molar-refractivity contribution in [2.75, 3.05) is 0 Å². The Bertz CT molecular complexity index is 2880. The molecule has 49 heavy (non-hydrogen) atoms. The van der Waals surface area contributed by atoms with E-state index < -0.39 is 0 Å². The lowest BCUT2D eigenvalue weighted by Crippen LogP contribution is -2.00. The van der Waals surface area contributed by atoms with Crippen LogP contribution in [0.25, 0.3) is 99.5 Å². The van der Waals surface area contributed by atoms with Gasteiger partial charge in [0.25, 0.3) is 0 Å². The lowest BCUT2D eigenvalue weighted by atomic mass is 9.93. The van der Waals surface area contributed by atoms with E-state index in [1.165, 1.54) is 16.3 Å². The highest BCUT2D eigenvalue weighted by molar-refractivity contribution is 6.29. The van der Waals surface area contributed by atoms with Crippen LogP contribution in [0.1, 0.15) is 0 Å². The summed E-state index contributed by atoms with van der Waals surface area (Å²) in [4.78, 5) is 15.4. The van der Waals surface area contributed by atoms with Gasteiger partial charge in [0, 0.05) is 32.8 Å². The summed E-state index contributed by atoms with van der Waals surface area (Å²) in [5.41, 5.74) is 6.74. The topological polar surface area (TPSA) is 51.8 Å². The molecule has 228 valence electrons. The maximum absolute atomic E-state index is 6.67. The van der Waals surface area contributed by atoms with Crippen LogP contribution < -0.4 is 0 Å². The second-order valence-corrected chi connectivity index (χ2v) is 12.4. The Morgan fingerprint density at radius 3 is 1.78 bits per heavy atom. The van der Waals surface area contributed by atoms with Crippen LogP contribution in [-0.2, 0) is 0 Å². The molecule has 0 aliphatic heterocycles. The molecule has 0 amide bonds. The van der Waals surface area contributed by atoms with E-state index in [9.17, 15) is 0 Å². The zero-order chi connectivity index (χ0) is 32.3. The number of furan rings is 1. The molecule has 0 aliphatic carbocycles. The molecular weight excluding hydrogens is 599 g/mol. The van der Waals surface area contributed by atoms with Crippen molar-refractivity contribution >= 4 is 54.3 Å². The first-order valence-corrected chi connectivity index (χ1v) is 16.4. The molecule has 4 heteroatoms. The molecule has 10 rings (SSSR count). The van der Waals surface area contributed by atoms with Gasteiger partial charge in [0.05, 0.1) is 0 Å². The molecule has 0 saturated heterocycles. The van der Waals surface area contributed by atoms with Gasteiger partial charge in [-0.3, -0.25) is 0 Å². The number of benzene rings is 8. The Morgan fingerprint density at radius 2 is 0.959 bits per heavy atom. The standard InChI is InChI=1S/C45H27N3O/c1-3-11-28(12-4-1)33-22-24-39-38(26-33)42-40(49-39)27-37(36-23-21-30-14-9-10-18-35(30)41(36)42)45-47-43(31-15-5-2-6-16-31)46-44(48-45)34-20-19-29-13-7-8-17-32(29)25-34/h1-27H. The van der Waals surface area contributed by atoms with Gasteiger partial charge in [-0.15, -0.1) is 0 Å². The van der Waals surface area contributed by atoms with Crippen LogP contribution in [-0.4, -0.2) is 15.0 Å². The highest BCUT2D eigenvalue weighted by Gasteiger charge is 2.21. The SMILES string of the molecule is c1ccc(-c2ccc3oc4cc(-c5nc(-c6ccccc6)nc(-c6ccc7ccccc7c6)n5)c5ccc6ccccc6c5c4c3c2)cc1. The fraction of sp³-hybridized carbons (Fsp3) is 0. The Balaban J connectivity index is 1.29. The first-order valence-electron chi connectivity index (χ1n) is 16.4. The molecule has 2 heterocycles. The zero-order valence-corrected chi connectivity index (χ0v) is 26.3. The number of rotatable bonds is 4. The summed E-state index contributed by atoms with van der Waals surface area (Å²) < 4.78 is 6.67. The van der Waals surface area contributed by atoms with Gasteiger partial charge in [0.1, 0.15) is 11.2 Å². The predicted molar refractivity (Wildman–Crippen MR) is 201 cm³/mol. The molecule has 0 fully saturated rings. The number of hydrogen-bond donors (Lipinski definition) is 0. The van der Waals surface area contributed by atoms with E-state index in [1.807, 2.05) is 36.4 Å². The van der Waals surface area contributed by atoms with Crippen molar-refractivity contribution in [1.29, 1.82) is 0 Å². The maximum atomic E-state index is 6.67. The van der Waals surface area contributed by atoms with E-state index >= 15 is 0 Å². The number of aromatic nitrogens is 3. The molecule has 0 aliphatic rings. The van der Waals surface area contributed by atoms with Crippen LogP contribution in [0.5, 0.6) is 0 Å². The molecule has 8 aromatic carbocycles. The number of nitrogens with zero attached hydrogens (tertiary/aromatic N) is 3.